The van der Waals surface area contributed by atoms with E-state index in [0.717, 1.165) is 0 Å². The number of carbonyl (C=O) groups excluding carboxylic acids is 2. The van der Waals surface area contributed by atoms with E-state index in [4.69, 9.17) is 0 Å². The standard InChI is InChI=1S/C17H22N4O3/c1-4-18-16(23)11(2)19-15(22)10-9-14-20-13-8-6-5-7-12(13)17(24)21(14)3/h5-8,11H,4,9-10H2,1-3H3,(H,18,23)(H,19,22)/t11-/m0/s1. The quantitative estimate of drug-likeness (QED) is 0.807. The third kappa shape index (κ3) is 3.98. The molecule has 0 radical (unpaired) electrons. The summed E-state index contributed by atoms with van der Waals surface area (Å²) < 4.78 is 1.46. The van der Waals surface area contributed by atoms with Crippen LogP contribution in [0.25, 0.3) is 10.9 Å². The molecule has 7 nitrogen and oxygen atoms in total. The van der Waals surface area contributed by atoms with Crippen molar-refractivity contribution in [1.29, 1.82) is 0 Å². The van der Waals surface area contributed by atoms with Gasteiger partial charge in [-0.25, -0.2) is 4.98 Å². The average Bonchev–Trinajstić information content (AvgIpc) is 2.57. The van der Waals surface area contributed by atoms with Gasteiger partial charge >= 0.3 is 0 Å². The third-order valence-corrected chi connectivity index (χ3v) is 3.77. The Kier molecular flexibility index (Phi) is 5.68. The molecule has 128 valence electrons. The molecule has 2 N–H and O–H groups in total. The summed E-state index contributed by atoms with van der Waals surface area (Å²) >= 11 is 0. The first-order valence-electron chi connectivity index (χ1n) is 7.95. The van der Waals surface area contributed by atoms with Gasteiger partial charge in [0.05, 0.1) is 10.9 Å². The molecule has 0 aliphatic carbocycles. The molecule has 2 aromatic rings. The van der Waals surface area contributed by atoms with Crippen molar-refractivity contribution in [3.05, 3.63) is 40.4 Å². The molecular formula is C17H22N4O3. The number of amides is 2. The number of fused-ring (bicyclic) bond motifs is 1. The number of nitrogens with zero attached hydrogens (tertiary/aromatic N) is 2. The van der Waals surface area contributed by atoms with Crippen LogP contribution in [0.1, 0.15) is 26.1 Å². The number of hydrogen-bond donors (Lipinski definition) is 2. The molecule has 0 saturated heterocycles. The van der Waals surface area contributed by atoms with Crippen LogP contribution in [-0.4, -0.2) is 34.0 Å². The van der Waals surface area contributed by atoms with Gasteiger partial charge in [-0.2, -0.15) is 0 Å². The first kappa shape index (κ1) is 17.7. The van der Waals surface area contributed by atoms with Crippen molar-refractivity contribution in [2.24, 2.45) is 7.05 Å². The van der Waals surface area contributed by atoms with Crippen LogP contribution < -0.4 is 16.2 Å². The van der Waals surface area contributed by atoms with Gasteiger partial charge in [-0.3, -0.25) is 19.0 Å². The van der Waals surface area contributed by atoms with Crippen LogP contribution in [0.4, 0.5) is 0 Å². The SMILES string of the molecule is CCNC(=O)[C@H](C)NC(=O)CCc1nc2ccccc2c(=O)n1C. The van der Waals surface area contributed by atoms with Gasteiger partial charge < -0.3 is 10.6 Å². The maximum absolute atomic E-state index is 12.3. The molecule has 0 spiro atoms. The summed E-state index contributed by atoms with van der Waals surface area (Å²) in [7, 11) is 1.65. The summed E-state index contributed by atoms with van der Waals surface area (Å²) in [4.78, 5) is 40.4. The Morgan fingerprint density at radius 1 is 1.29 bits per heavy atom. The van der Waals surface area contributed by atoms with Crippen molar-refractivity contribution in [3.8, 4) is 0 Å². The minimum atomic E-state index is -0.592. The molecule has 1 atom stereocenters. The first-order valence-corrected chi connectivity index (χ1v) is 7.95. The van der Waals surface area contributed by atoms with E-state index in [1.807, 2.05) is 13.0 Å². The summed E-state index contributed by atoms with van der Waals surface area (Å²) in [6.45, 7) is 3.97. The number of aromatic nitrogens is 2. The van der Waals surface area contributed by atoms with E-state index in [0.29, 0.717) is 29.7 Å². The zero-order valence-electron chi connectivity index (χ0n) is 14.1. The third-order valence-electron chi connectivity index (χ3n) is 3.77. The van der Waals surface area contributed by atoms with E-state index < -0.39 is 6.04 Å². The van der Waals surface area contributed by atoms with Gasteiger partial charge in [0.25, 0.3) is 5.56 Å². The van der Waals surface area contributed by atoms with Crippen LogP contribution in [0, 0.1) is 0 Å². The minimum absolute atomic E-state index is 0.133. The summed E-state index contributed by atoms with van der Waals surface area (Å²) in [6, 6.07) is 6.53. The number of carbonyl (C=O) groups is 2. The maximum Gasteiger partial charge on any atom is 0.261 e. The molecule has 7 heteroatoms. The number of aryl methyl sites for hydroxylation is 1. The monoisotopic (exact) mass is 330 g/mol. The predicted octanol–water partition coefficient (Wildman–Crippen LogP) is 0.507. The second-order valence-corrected chi connectivity index (χ2v) is 5.59. The Morgan fingerprint density at radius 3 is 2.71 bits per heavy atom. The highest BCUT2D eigenvalue weighted by atomic mass is 16.2. The van der Waals surface area contributed by atoms with Crippen LogP contribution in [0.15, 0.2) is 29.1 Å². The zero-order valence-corrected chi connectivity index (χ0v) is 14.1. The molecule has 1 aromatic heterocycles. The largest absolute Gasteiger partial charge is 0.355 e. The molecule has 0 fully saturated rings. The van der Waals surface area contributed by atoms with Crippen molar-refractivity contribution >= 4 is 22.7 Å². The molecule has 2 amide bonds. The van der Waals surface area contributed by atoms with Crippen molar-refractivity contribution in [1.82, 2.24) is 20.2 Å². The topological polar surface area (TPSA) is 93.1 Å². The fraction of sp³-hybridized carbons (Fsp3) is 0.412. The van der Waals surface area contributed by atoms with Gasteiger partial charge in [-0.15, -0.1) is 0 Å². The van der Waals surface area contributed by atoms with Crippen LogP contribution in [0.2, 0.25) is 0 Å². The van der Waals surface area contributed by atoms with Crippen molar-refractivity contribution in [2.45, 2.75) is 32.7 Å². The van der Waals surface area contributed by atoms with E-state index in [-0.39, 0.29) is 23.8 Å². The van der Waals surface area contributed by atoms with Crippen molar-refractivity contribution < 1.29 is 9.59 Å². The zero-order chi connectivity index (χ0) is 17.7. The Hall–Kier alpha value is -2.70. The van der Waals surface area contributed by atoms with Gasteiger partial charge in [0.15, 0.2) is 0 Å². The van der Waals surface area contributed by atoms with Crippen LogP contribution in [0.5, 0.6) is 0 Å². The molecule has 0 aliphatic heterocycles. The number of para-hydroxylation sites is 1. The Labute approximate surface area is 140 Å². The summed E-state index contributed by atoms with van der Waals surface area (Å²) in [5.74, 6) is 0.0674. The summed E-state index contributed by atoms with van der Waals surface area (Å²) in [6.07, 6.45) is 0.479. The number of rotatable bonds is 6. The van der Waals surface area contributed by atoms with Gasteiger partial charge in [0, 0.05) is 26.4 Å². The van der Waals surface area contributed by atoms with Crippen LogP contribution in [-0.2, 0) is 23.1 Å². The van der Waals surface area contributed by atoms with E-state index in [9.17, 15) is 14.4 Å². The molecule has 2 rings (SSSR count). The predicted molar refractivity (Wildman–Crippen MR) is 91.6 cm³/mol. The van der Waals surface area contributed by atoms with E-state index >= 15 is 0 Å². The lowest BCUT2D eigenvalue weighted by Crippen LogP contribution is -2.44. The highest BCUT2D eigenvalue weighted by Crippen LogP contribution is 2.08. The fourth-order valence-electron chi connectivity index (χ4n) is 2.42. The molecule has 0 bridgehead atoms. The Morgan fingerprint density at radius 2 is 2.00 bits per heavy atom. The highest BCUT2D eigenvalue weighted by molar-refractivity contribution is 5.87. The van der Waals surface area contributed by atoms with Crippen molar-refractivity contribution in [3.63, 3.8) is 0 Å². The second kappa shape index (κ2) is 7.72. The molecule has 0 aliphatic rings. The number of benzene rings is 1. The molecule has 1 heterocycles. The molecule has 1 aromatic carbocycles. The molecule has 0 saturated carbocycles. The Balaban J connectivity index is 2.05. The van der Waals surface area contributed by atoms with Crippen molar-refractivity contribution in [2.75, 3.05) is 6.54 Å². The molecule has 0 unspecified atom stereocenters. The van der Waals surface area contributed by atoms with Gasteiger partial charge in [-0.05, 0) is 26.0 Å². The summed E-state index contributed by atoms with van der Waals surface area (Å²) in [5.41, 5.74) is 0.485. The smallest absolute Gasteiger partial charge is 0.261 e. The van der Waals surface area contributed by atoms with Gasteiger partial charge in [0.1, 0.15) is 11.9 Å². The van der Waals surface area contributed by atoms with E-state index in [1.54, 1.807) is 32.2 Å². The lowest BCUT2D eigenvalue weighted by atomic mass is 10.2. The maximum atomic E-state index is 12.3. The number of nitrogens with one attached hydrogen (secondary N) is 2. The van der Waals surface area contributed by atoms with Gasteiger partial charge in [-0.1, -0.05) is 12.1 Å². The van der Waals surface area contributed by atoms with Crippen LogP contribution in [0.3, 0.4) is 0 Å². The molecule has 24 heavy (non-hydrogen) atoms. The second-order valence-electron chi connectivity index (χ2n) is 5.59. The van der Waals surface area contributed by atoms with Gasteiger partial charge in [0.2, 0.25) is 11.8 Å². The van der Waals surface area contributed by atoms with E-state index in [2.05, 4.69) is 15.6 Å². The minimum Gasteiger partial charge on any atom is -0.355 e. The van der Waals surface area contributed by atoms with E-state index in [1.165, 1.54) is 4.57 Å². The first-order chi connectivity index (χ1) is 11.4. The highest BCUT2D eigenvalue weighted by Gasteiger charge is 2.15. The lowest BCUT2D eigenvalue weighted by Gasteiger charge is -2.14. The fourth-order valence-corrected chi connectivity index (χ4v) is 2.42. The van der Waals surface area contributed by atoms with Crippen LogP contribution >= 0.6 is 0 Å². The number of hydrogen-bond acceptors (Lipinski definition) is 4. The Bertz CT molecular complexity index is 813. The normalized spacial score (nSPS) is 12.0. The summed E-state index contributed by atoms with van der Waals surface area (Å²) in [5, 5.41) is 5.84. The average molecular weight is 330 g/mol. The lowest BCUT2D eigenvalue weighted by molar-refractivity contribution is -0.128. The number of likely N-dealkylation sites (N-methyl/N-ethyl adjacent to an activating group) is 1. The molecular weight excluding hydrogens is 308 g/mol.